The number of esters is 1. The summed E-state index contributed by atoms with van der Waals surface area (Å²) in [5, 5.41) is 12.4. The standard InChI is InChI=1S/C38H44BrN3O7/c1-23-14-13-15-24(2)31(23)41-19-10-5-9-18-28(44)40-25(3)32(26-16-7-4-8-17-26)48-37(47)29-30-35(45)42(20-11-6-12-21-43)34(36(41)46)38(30)22-27(39)33(29)49-38/h4-5,7-8,10,13-17,22,25,29-30,32-34,43H,6,9,11-12,18-21H2,1-3H3,(H,40,44)/b10-5-/t25-,29+,30-,32+,33+,34+,38-/m1/s1. The number of allylic oxidation sites excluding steroid dienone is 1. The smallest absolute Gasteiger partial charge is 0.313 e. The zero-order chi connectivity index (χ0) is 34.9. The minimum atomic E-state index is -1.41. The van der Waals surface area contributed by atoms with Gasteiger partial charge in [0.15, 0.2) is 0 Å². The molecule has 2 aromatic rings. The number of rotatable bonds is 7. The first-order chi connectivity index (χ1) is 23.6. The van der Waals surface area contributed by atoms with Crippen molar-refractivity contribution in [3.8, 4) is 0 Å². The van der Waals surface area contributed by atoms with Crippen LogP contribution in [0.2, 0.25) is 0 Å². The number of carbonyl (C=O) groups excluding carboxylic acids is 4. The molecule has 6 rings (SSSR count). The molecule has 7 atom stereocenters. The van der Waals surface area contributed by atoms with E-state index in [1.54, 1.807) is 16.7 Å². The molecule has 0 saturated carbocycles. The summed E-state index contributed by atoms with van der Waals surface area (Å²) in [6, 6.07) is 13.4. The van der Waals surface area contributed by atoms with E-state index in [0.717, 1.165) is 16.8 Å². The van der Waals surface area contributed by atoms with Crippen LogP contribution >= 0.6 is 15.9 Å². The van der Waals surface area contributed by atoms with Crippen molar-refractivity contribution >= 4 is 45.3 Å². The Morgan fingerprint density at radius 3 is 2.39 bits per heavy atom. The van der Waals surface area contributed by atoms with Crippen LogP contribution in [0.5, 0.6) is 0 Å². The summed E-state index contributed by atoms with van der Waals surface area (Å²) in [5.41, 5.74) is 1.83. The topological polar surface area (TPSA) is 125 Å². The molecule has 49 heavy (non-hydrogen) atoms. The van der Waals surface area contributed by atoms with E-state index in [-0.39, 0.29) is 43.8 Å². The second kappa shape index (κ2) is 14.6. The number of aliphatic hydroxyl groups is 1. The van der Waals surface area contributed by atoms with Crippen molar-refractivity contribution in [2.45, 2.75) is 82.8 Å². The van der Waals surface area contributed by atoms with Crippen molar-refractivity contribution in [1.82, 2.24) is 10.2 Å². The molecule has 5 bridgehead atoms. The van der Waals surface area contributed by atoms with Crippen LogP contribution in [0, 0.1) is 25.7 Å². The molecule has 10 nitrogen and oxygen atoms in total. The fraction of sp³-hybridized carbons (Fsp3) is 0.474. The number of hydrogen-bond acceptors (Lipinski definition) is 7. The first-order valence-electron chi connectivity index (χ1n) is 17.1. The maximum Gasteiger partial charge on any atom is 0.313 e. The second-order valence-corrected chi connectivity index (χ2v) is 14.4. The number of likely N-dealkylation sites (tertiary alicyclic amines) is 1. The minimum Gasteiger partial charge on any atom is -0.455 e. The molecule has 4 heterocycles. The van der Waals surface area contributed by atoms with Gasteiger partial charge in [0.2, 0.25) is 11.8 Å². The van der Waals surface area contributed by atoms with Gasteiger partial charge in [0.05, 0.1) is 12.0 Å². The highest BCUT2D eigenvalue weighted by molar-refractivity contribution is 9.11. The Morgan fingerprint density at radius 2 is 1.67 bits per heavy atom. The quantitative estimate of drug-likeness (QED) is 0.238. The number of para-hydroxylation sites is 1. The summed E-state index contributed by atoms with van der Waals surface area (Å²) < 4.78 is 13.5. The second-order valence-electron chi connectivity index (χ2n) is 13.5. The summed E-state index contributed by atoms with van der Waals surface area (Å²) in [4.78, 5) is 60.5. The average Bonchev–Trinajstić information content (AvgIpc) is 3.67. The molecule has 260 valence electrons. The molecule has 2 saturated heterocycles. The number of nitrogens with zero attached hydrogens (tertiary/aromatic N) is 2. The summed E-state index contributed by atoms with van der Waals surface area (Å²) in [5.74, 6) is -3.49. The highest BCUT2D eigenvalue weighted by atomic mass is 79.9. The molecule has 2 fully saturated rings. The summed E-state index contributed by atoms with van der Waals surface area (Å²) in [6.07, 6.45) is 6.40. The van der Waals surface area contributed by atoms with Crippen LogP contribution in [0.25, 0.3) is 0 Å². The molecule has 0 aromatic heterocycles. The minimum absolute atomic E-state index is 0.0331. The average molecular weight is 735 g/mol. The largest absolute Gasteiger partial charge is 0.455 e. The van der Waals surface area contributed by atoms with Gasteiger partial charge < -0.3 is 29.7 Å². The lowest BCUT2D eigenvalue weighted by Gasteiger charge is -2.36. The van der Waals surface area contributed by atoms with E-state index in [0.29, 0.717) is 35.7 Å². The van der Waals surface area contributed by atoms with Crippen LogP contribution < -0.4 is 10.2 Å². The zero-order valence-corrected chi connectivity index (χ0v) is 29.7. The summed E-state index contributed by atoms with van der Waals surface area (Å²) in [7, 11) is 0. The number of hydrogen-bond donors (Lipinski definition) is 2. The van der Waals surface area contributed by atoms with Crippen LogP contribution in [-0.2, 0) is 28.7 Å². The summed E-state index contributed by atoms with van der Waals surface area (Å²) in [6.45, 7) is 6.20. The van der Waals surface area contributed by atoms with Gasteiger partial charge in [0, 0.05) is 36.3 Å². The third-order valence-electron chi connectivity index (χ3n) is 10.2. The summed E-state index contributed by atoms with van der Waals surface area (Å²) >= 11 is 3.63. The predicted octanol–water partition coefficient (Wildman–Crippen LogP) is 4.81. The maximum atomic E-state index is 15.1. The Balaban J connectivity index is 1.47. The van der Waals surface area contributed by atoms with Crippen LogP contribution in [0.3, 0.4) is 0 Å². The number of aliphatic hydroxyl groups excluding tert-OH is 1. The van der Waals surface area contributed by atoms with Crippen LogP contribution in [0.1, 0.15) is 61.8 Å². The Morgan fingerprint density at radius 1 is 0.939 bits per heavy atom. The normalized spacial score (nSPS) is 31.0. The van der Waals surface area contributed by atoms with E-state index in [4.69, 9.17) is 9.47 Å². The van der Waals surface area contributed by atoms with E-state index < -0.39 is 47.7 Å². The van der Waals surface area contributed by atoms with Crippen molar-refractivity contribution in [3.63, 3.8) is 0 Å². The van der Waals surface area contributed by atoms with E-state index in [2.05, 4.69) is 21.2 Å². The molecule has 3 amide bonds. The van der Waals surface area contributed by atoms with Crippen LogP contribution in [0.15, 0.2) is 71.2 Å². The van der Waals surface area contributed by atoms with Crippen molar-refractivity contribution < 1.29 is 33.8 Å². The van der Waals surface area contributed by atoms with Gasteiger partial charge in [0.25, 0.3) is 5.91 Å². The number of nitrogens with one attached hydrogen (secondary N) is 1. The number of benzene rings is 2. The molecule has 0 radical (unpaired) electrons. The lowest BCUT2D eigenvalue weighted by Crippen LogP contribution is -2.56. The van der Waals surface area contributed by atoms with Gasteiger partial charge in [-0.3, -0.25) is 19.2 Å². The Labute approximate surface area is 295 Å². The van der Waals surface area contributed by atoms with E-state index in [1.807, 2.05) is 80.6 Å². The number of fused-ring (bicyclic) bond motifs is 2. The molecule has 0 aliphatic carbocycles. The fourth-order valence-corrected chi connectivity index (χ4v) is 8.70. The van der Waals surface area contributed by atoms with Gasteiger partial charge in [0.1, 0.15) is 29.8 Å². The lowest BCUT2D eigenvalue weighted by molar-refractivity contribution is -0.161. The van der Waals surface area contributed by atoms with E-state index in [9.17, 15) is 19.5 Å². The number of anilines is 1. The van der Waals surface area contributed by atoms with E-state index >= 15 is 4.79 Å². The van der Waals surface area contributed by atoms with Gasteiger partial charge in [-0.25, -0.2) is 0 Å². The number of cyclic esters (lactones) is 1. The fourth-order valence-electron chi connectivity index (χ4n) is 7.97. The molecule has 4 aliphatic heterocycles. The number of aryl methyl sites for hydroxylation is 2. The number of halogens is 1. The van der Waals surface area contributed by atoms with Gasteiger partial charge in [-0.05, 0) is 69.2 Å². The van der Waals surface area contributed by atoms with Crippen molar-refractivity contribution in [1.29, 1.82) is 0 Å². The zero-order valence-electron chi connectivity index (χ0n) is 28.1. The maximum absolute atomic E-state index is 15.1. The van der Waals surface area contributed by atoms with Gasteiger partial charge >= 0.3 is 5.97 Å². The van der Waals surface area contributed by atoms with Crippen molar-refractivity contribution in [3.05, 3.63) is 87.9 Å². The SMILES string of the molecule is Cc1cccc(C)c1N1C/C=C\CCC(=O)N[C@H](C)[C@@H](c2ccccc2)OC(=O)[C@@H]2[C@H]3O[C@@]4(C=C3Br)[C@H](C1=O)N(CCCCCO)C(=O)[C@@H]24. The molecule has 2 N–H and O–H groups in total. The Kier molecular flexibility index (Phi) is 10.4. The van der Waals surface area contributed by atoms with Crippen LogP contribution in [0.4, 0.5) is 5.69 Å². The van der Waals surface area contributed by atoms with Gasteiger partial charge in [-0.1, -0.05) is 76.6 Å². The third-order valence-corrected chi connectivity index (χ3v) is 10.9. The first-order valence-corrected chi connectivity index (χ1v) is 17.9. The molecule has 2 aromatic carbocycles. The third kappa shape index (κ3) is 6.48. The van der Waals surface area contributed by atoms with E-state index in [1.165, 1.54) is 0 Å². The monoisotopic (exact) mass is 733 g/mol. The highest BCUT2D eigenvalue weighted by Crippen LogP contribution is 2.59. The number of carbonyl (C=O) groups is 4. The Hall–Kier alpha value is -3.80. The molecule has 11 heteroatoms. The molecule has 0 unspecified atom stereocenters. The van der Waals surface area contributed by atoms with Gasteiger partial charge in [-0.2, -0.15) is 0 Å². The Bertz CT molecular complexity index is 1640. The molecule has 4 aliphatic rings. The number of amides is 3. The molecule has 1 spiro atoms. The molecular weight excluding hydrogens is 690 g/mol. The van der Waals surface area contributed by atoms with Crippen molar-refractivity contribution in [2.24, 2.45) is 11.8 Å². The van der Waals surface area contributed by atoms with Crippen LogP contribution in [-0.4, -0.2) is 77.2 Å². The predicted molar refractivity (Wildman–Crippen MR) is 188 cm³/mol. The molecular formula is C38H44BrN3O7. The number of ether oxygens (including phenoxy) is 2. The lowest BCUT2D eigenvalue weighted by atomic mass is 9.74. The van der Waals surface area contributed by atoms with Crippen molar-refractivity contribution in [2.75, 3.05) is 24.6 Å². The number of unbranched alkanes of at least 4 members (excludes halogenated alkanes) is 2. The first kappa shape index (κ1) is 35.0. The van der Waals surface area contributed by atoms with Gasteiger partial charge in [-0.15, -0.1) is 0 Å². The highest BCUT2D eigenvalue weighted by Gasteiger charge is 2.75.